The van der Waals surface area contributed by atoms with E-state index >= 15 is 0 Å². The predicted octanol–water partition coefficient (Wildman–Crippen LogP) is 3.85. The second-order valence-electron chi connectivity index (χ2n) is 6.19. The number of hydrogen-bond acceptors (Lipinski definition) is 4. The number of aliphatic hydroxyl groups excluding tert-OH is 1. The van der Waals surface area contributed by atoms with Gasteiger partial charge in [0.1, 0.15) is 0 Å². The first-order valence-electron chi connectivity index (χ1n) is 8.41. The predicted molar refractivity (Wildman–Crippen MR) is 103 cm³/mol. The fraction of sp³-hybridized carbons (Fsp3) is 0.263. The second-order valence-corrected chi connectivity index (χ2v) is 6.60. The summed E-state index contributed by atoms with van der Waals surface area (Å²) in [6, 6.07) is 9.78. The summed E-state index contributed by atoms with van der Waals surface area (Å²) < 4.78 is 33.7. The molecule has 2 aromatic heterocycles. The van der Waals surface area contributed by atoms with E-state index < -0.39 is 18.2 Å². The van der Waals surface area contributed by atoms with Gasteiger partial charge in [-0.15, -0.1) is 0 Å². The molecule has 10 heteroatoms. The minimum Gasteiger partial charge on any atom is -0.475 e. The molecule has 156 valence electrons. The number of nitrogens with zero attached hydrogens (tertiary/aromatic N) is 2. The molecule has 0 aliphatic heterocycles. The largest absolute Gasteiger partial charge is 0.490 e. The summed E-state index contributed by atoms with van der Waals surface area (Å²) in [6.45, 7) is 2.46. The molecule has 3 aromatic rings. The van der Waals surface area contributed by atoms with Crippen molar-refractivity contribution in [3.63, 3.8) is 0 Å². The lowest BCUT2D eigenvalue weighted by Crippen LogP contribution is -2.21. The van der Waals surface area contributed by atoms with Gasteiger partial charge in [-0.25, -0.2) is 9.78 Å². The van der Waals surface area contributed by atoms with Crippen LogP contribution in [0.1, 0.15) is 17.4 Å². The molecule has 1 unspecified atom stereocenters. The molecule has 3 N–H and O–H groups in total. The Morgan fingerprint density at radius 1 is 1.28 bits per heavy atom. The first-order chi connectivity index (χ1) is 13.5. The van der Waals surface area contributed by atoms with E-state index in [0.29, 0.717) is 11.6 Å². The molecule has 0 fully saturated rings. The maximum absolute atomic E-state index is 10.6. The van der Waals surface area contributed by atoms with Crippen molar-refractivity contribution in [2.45, 2.75) is 19.2 Å². The molecule has 0 radical (unpaired) electrons. The van der Waals surface area contributed by atoms with Crippen molar-refractivity contribution in [2.75, 3.05) is 13.6 Å². The average Bonchev–Trinajstić information content (AvgIpc) is 3.02. The maximum atomic E-state index is 10.6. The molecule has 0 aliphatic carbocycles. The van der Waals surface area contributed by atoms with Crippen LogP contribution in [0, 0.1) is 6.92 Å². The molecule has 1 atom stereocenters. The molecule has 6 nitrogen and oxygen atoms in total. The van der Waals surface area contributed by atoms with Crippen molar-refractivity contribution in [1.82, 2.24) is 14.7 Å². The number of halogens is 4. The molecule has 0 bridgehead atoms. The van der Waals surface area contributed by atoms with Gasteiger partial charge in [-0.05, 0) is 42.8 Å². The van der Waals surface area contributed by atoms with E-state index in [1.165, 1.54) is 0 Å². The molecule has 0 spiro atoms. The Morgan fingerprint density at radius 2 is 1.93 bits per heavy atom. The second kappa shape index (κ2) is 9.25. The van der Waals surface area contributed by atoms with Gasteiger partial charge in [0.05, 0.1) is 16.8 Å². The zero-order valence-corrected chi connectivity index (χ0v) is 16.3. The van der Waals surface area contributed by atoms with Gasteiger partial charge in [0.25, 0.3) is 0 Å². The fourth-order valence-corrected chi connectivity index (χ4v) is 2.83. The lowest BCUT2D eigenvalue weighted by Gasteiger charge is -2.12. The highest BCUT2D eigenvalue weighted by Gasteiger charge is 2.38. The van der Waals surface area contributed by atoms with Crippen LogP contribution < -0.4 is 5.32 Å². The standard InChI is InChI=1S/C17H18ClN3O.C2HF3O2/c1-11-9-21-10-14(7-15(18)17(21)20-11)12-4-3-5-13(6-12)16(22)8-19-2;3-2(4,5)1(6)7/h3-7,9-10,16,19,22H,8H2,1-2H3;(H,6,7). The molecule has 29 heavy (non-hydrogen) atoms. The maximum Gasteiger partial charge on any atom is 0.490 e. The zero-order valence-electron chi connectivity index (χ0n) is 15.5. The van der Waals surface area contributed by atoms with Crippen molar-refractivity contribution in [3.05, 3.63) is 59.0 Å². The van der Waals surface area contributed by atoms with E-state index in [0.717, 1.165) is 28.0 Å². The molecular formula is C19H19ClF3N3O3. The van der Waals surface area contributed by atoms with Gasteiger partial charge in [0.15, 0.2) is 5.65 Å². The lowest BCUT2D eigenvalue weighted by molar-refractivity contribution is -0.192. The van der Waals surface area contributed by atoms with Crippen molar-refractivity contribution < 1.29 is 28.2 Å². The summed E-state index contributed by atoms with van der Waals surface area (Å²) >= 11 is 6.33. The molecule has 3 rings (SSSR count). The quantitative estimate of drug-likeness (QED) is 0.586. The molecule has 1 aromatic carbocycles. The minimum atomic E-state index is -5.08. The van der Waals surface area contributed by atoms with E-state index in [1.54, 1.807) is 0 Å². The van der Waals surface area contributed by atoms with Crippen LogP contribution in [0.3, 0.4) is 0 Å². The number of carboxylic acid groups (broad SMARTS) is 1. The van der Waals surface area contributed by atoms with Gasteiger partial charge in [0.2, 0.25) is 0 Å². The highest BCUT2D eigenvalue weighted by Crippen LogP contribution is 2.28. The Kier molecular flexibility index (Phi) is 7.23. The van der Waals surface area contributed by atoms with Crippen LogP contribution in [-0.2, 0) is 4.79 Å². The Bertz CT molecular complexity index is 1010. The molecule has 0 aliphatic rings. The van der Waals surface area contributed by atoms with Crippen molar-refractivity contribution >= 4 is 23.2 Å². The van der Waals surface area contributed by atoms with Crippen LogP contribution in [0.25, 0.3) is 16.8 Å². The molecule has 0 saturated carbocycles. The SMILES string of the molecule is CNCC(O)c1cccc(-c2cc(Cl)c3nc(C)cn3c2)c1.O=C(O)C(F)(F)F. The number of carboxylic acids is 1. The Labute approximate surface area is 169 Å². The van der Waals surface area contributed by atoms with Crippen LogP contribution in [0.5, 0.6) is 0 Å². The number of nitrogens with one attached hydrogen (secondary N) is 1. The fourth-order valence-electron chi connectivity index (χ4n) is 2.57. The van der Waals surface area contributed by atoms with Gasteiger partial charge in [-0.1, -0.05) is 29.8 Å². The summed E-state index contributed by atoms with van der Waals surface area (Å²) in [7, 11) is 1.82. The number of pyridine rings is 1. The Morgan fingerprint density at radius 3 is 2.52 bits per heavy atom. The number of rotatable bonds is 4. The van der Waals surface area contributed by atoms with E-state index in [9.17, 15) is 18.3 Å². The Hall–Kier alpha value is -2.62. The van der Waals surface area contributed by atoms with E-state index in [-0.39, 0.29) is 0 Å². The number of aliphatic hydroxyl groups is 1. The van der Waals surface area contributed by atoms with Gasteiger partial charge >= 0.3 is 12.1 Å². The number of aryl methyl sites for hydroxylation is 1. The summed E-state index contributed by atoms with van der Waals surface area (Å²) in [5, 5.41) is 20.8. The smallest absolute Gasteiger partial charge is 0.475 e. The van der Waals surface area contributed by atoms with Crippen LogP contribution in [0.4, 0.5) is 13.2 Å². The van der Waals surface area contributed by atoms with E-state index in [4.69, 9.17) is 21.5 Å². The third-order valence-corrected chi connectivity index (χ3v) is 4.15. The number of carbonyl (C=O) groups is 1. The van der Waals surface area contributed by atoms with Crippen LogP contribution in [0.15, 0.2) is 42.7 Å². The summed E-state index contributed by atoms with van der Waals surface area (Å²) in [5.74, 6) is -2.76. The van der Waals surface area contributed by atoms with E-state index in [2.05, 4.69) is 10.3 Å². The first-order valence-corrected chi connectivity index (χ1v) is 8.78. The third kappa shape index (κ3) is 5.93. The topological polar surface area (TPSA) is 86.9 Å². The number of benzene rings is 1. The minimum absolute atomic E-state index is 0.518. The summed E-state index contributed by atoms with van der Waals surface area (Å²) in [5.41, 5.74) is 4.58. The monoisotopic (exact) mass is 429 g/mol. The normalized spacial score (nSPS) is 12.4. The number of aromatic nitrogens is 2. The lowest BCUT2D eigenvalue weighted by atomic mass is 10.0. The van der Waals surface area contributed by atoms with Gasteiger partial charge in [0, 0.05) is 18.9 Å². The van der Waals surface area contributed by atoms with Crippen LogP contribution >= 0.6 is 11.6 Å². The Balaban J connectivity index is 0.000000370. The number of hydrogen-bond donors (Lipinski definition) is 3. The van der Waals surface area contributed by atoms with Gasteiger partial charge in [-0.3, -0.25) is 0 Å². The van der Waals surface area contributed by atoms with Crippen LogP contribution in [-0.4, -0.2) is 45.3 Å². The number of imidazole rings is 1. The molecular weight excluding hydrogens is 411 g/mol. The van der Waals surface area contributed by atoms with E-state index in [1.807, 2.05) is 61.1 Å². The summed E-state index contributed by atoms with van der Waals surface area (Å²) in [4.78, 5) is 13.3. The third-order valence-electron chi connectivity index (χ3n) is 3.87. The van der Waals surface area contributed by atoms with Crippen molar-refractivity contribution in [2.24, 2.45) is 0 Å². The molecule has 2 heterocycles. The van der Waals surface area contributed by atoms with Crippen molar-refractivity contribution in [1.29, 1.82) is 0 Å². The van der Waals surface area contributed by atoms with Crippen LogP contribution in [0.2, 0.25) is 5.02 Å². The van der Waals surface area contributed by atoms with Crippen molar-refractivity contribution in [3.8, 4) is 11.1 Å². The highest BCUT2D eigenvalue weighted by molar-refractivity contribution is 6.33. The number of aliphatic carboxylic acids is 1. The molecule has 0 saturated heterocycles. The number of fused-ring (bicyclic) bond motifs is 1. The number of likely N-dealkylation sites (N-methyl/N-ethyl adjacent to an activating group) is 1. The van der Waals surface area contributed by atoms with Gasteiger partial charge in [-0.2, -0.15) is 13.2 Å². The zero-order chi connectivity index (χ0) is 21.8. The number of alkyl halides is 3. The summed E-state index contributed by atoms with van der Waals surface area (Å²) in [6.07, 6.45) is -1.66. The highest BCUT2D eigenvalue weighted by atomic mass is 35.5. The molecule has 0 amide bonds. The first kappa shape index (κ1) is 22.7. The average molecular weight is 430 g/mol. The van der Waals surface area contributed by atoms with Gasteiger partial charge < -0.3 is 19.9 Å².